The summed E-state index contributed by atoms with van der Waals surface area (Å²) in [4.78, 5) is 25.5. The van der Waals surface area contributed by atoms with Gasteiger partial charge in [0, 0.05) is 44.1 Å². The summed E-state index contributed by atoms with van der Waals surface area (Å²) in [6, 6.07) is 4.80. The smallest absolute Gasteiger partial charge is 0.263 e. The number of hydrogen-bond donors (Lipinski definition) is 3. The average Bonchev–Trinajstić information content (AvgIpc) is 3.09. The highest BCUT2D eigenvalue weighted by Crippen LogP contribution is 2.33. The summed E-state index contributed by atoms with van der Waals surface area (Å²) in [5.41, 5.74) is 13.5. The summed E-state index contributed by atoms with van der Waals surface area (Å²) < 4.78 is 0. The molecule has 0 saturated carbocycles. The van der Waals surface area contributed by atoms with Crippen molar-refractivity contribution in [3.8, 4) is 0 Å². The molecule has 162 valence electrons. The maximum Gasteiger partial charge on any atom is 0.263 e. The number of benzene rings is 1. The molecule has 3 heterocycles. The monoisotopic (exact) mass is 436 g/mol. The van der Waals surface area contributed by atoms with Crippen molar-refractivity contribution in [3.05, 3.63) is 45.6 Å². The minimum Gasteiger partial charge on any atom is -0.396 e. The molecule has 5 rings (SSSR count). The van der Waals surface area contributed by atoms with E-state index in [1.165, 1.54) is 33.7 Å². The minimum absolute atomic E-state index is 0.108. The fourth-order valence-corrected chi connectivity index (χ4v) is 5.68. The van der Waals surface area contributed by atoms with E-state index in [2.05, 4.69) is 44.6 Å². The number of anilines is 2. The third-order valence-corrected chi connectivity index (χ3v) is 7.39. The second-order valence-corrected chi connectivity index (χ2v) is 9.57. The third kappa shape index (κ3) is 3.85. The molecule has 1 aliphatic heterocycles. The first-order chi connectivity index (χ1) is 15.0. The van der Waals surface area contributed by atoms with Gasteiger partial charge < -0.3 is 21.3 Å². The molecule has 1 atom stereocenters. The normalized spacial score (nSPS) is 18.8. The Kier molecular flexibility index (Phi) is 5.27. The second-order valence-electron chi connectivity index (χ2n) is 8.57. The van der Waals surface area contributed by atoms with E-state index in [-0.39, 0.29) is 11.9 Å². The molecule has 0 radical (unpaired) electrons. The molecule has 1 aromatic carbocycles. The fourth-order valence-electron chi connectivity index (χ4n) is 4.68. The molecule has 4 N–H and O–H groups in total. The maximum atomic E-state index is 13.0. The first-order valence-electron chi connectivity index (χ1n) is 10.9. The van der Waals surface area contributed by atoms with Crippen LogP contribution < -0.4 is 21.3 Å². The first kappa shape index (κ1) is 20.2. The van der Waals surface area contributed by atoms with Crippen LogP contribution in [0.1, 0.15) is 38.5 Å². The zero-order valence-electron chi connectivity index (χ0n) is 18.0. The molecule has 8 heteroatoms. The molecule has 1 saturated heterocycles. The number of rotatable bonds is 3. The van der Waals surface area contributed by atoms with Gasteiger partial charge in [-0.3, -0.25) is 4.79 Å². The van der Waals surface area contributed by atoms with Crippen LogP contribution in [-0.2, 0) is 12.8 Å². The van der Waals surface area contributed by atoms with Gasteiger partial charge in [0.25, 0.3) is 5.91 Å². The van der Waals surface area contributed by atoms with Crippen LogP contribution in [0.15, 0.2) is 18.3 Å². The van der Waals surface area contributed by atoms with Gasteiger partial charge in [0.05, 0.1) is 11.4 Å². The molecule has 3 aromatic rings. The van der Waals surface area contributed by atoms with E-state index < -0.39 is 0 Å². The van der Waals surface area contributed by atoms with Gasteiger partial charge in [-0.25, -0.2) is 9.97 Å². The number of nitrogen functional groups attached to an aromatic ring is 1. The lowest BCUT2D eigenvalue weighted by Gasteiger charge is -2.33. The highest BCUT2D eigenvalue weighted by Gasteiger charge is 2.25. The molecule has 7 nitrogen and oxygen atoms in total. The van der Waals surface area contributed by atoms with Gasteiger partial charge in [-0.1, -0.05) is 6.07 Å². The van der Waals surface area contributed by atoms with E-state index in [1.807, 2.05) is 6.92 Å². The highest BCUT2D eigenvalue weighted by atomic mass is 32.1. The average molecular weight is 437 g/mol. The number of hydrogen-bond acceptors (Lipinski definition) is 7. The van der Waals surface area contributed by atoms with Crippen molar-refractivity contribution >= 4 is 39.0 Å². The molecule has 1 unspecified atom stereocenters. The van der Waals surface area contributed by atoms with Crippen LogP contribution >= 0.6 is 11.3 Å². The molecule has 0 spiro atoms. The number of fused-ring (bicyclic) bond motifs is 2. The Bertz CT molecular complexity index is 1150. The second kappa shape index (κ2) is 8.09. The van der Waals surface area contributed by atoms with Crippen LogP contribution in [0, 0.1) is 13.8 Å². The van der Waals surface area contributed by atoms with Crippen LogP contribution in [-0.4, -0.2) is 48.1 Å². The Morgan fingerprint density at radius 1 is 1.26 bits per heavy atom. The number of amides is 1. The third-order valence-electron chi connectivity index (χ3n) is 6.31. The van der Waals surface area contributed by atoms with E-state index in [9.17, 15) is 4.79 Å². The van der Waals surface area contributed by atoms with Gasteiger partial charge in [-0.15, -0.1) is 11.3 Å². The van der Waals surface area contributed by atoms with Gasteiger partial charge in [0.15, 0.2) is 0 Å². The van der Waals surface area contributed by atoms with Crippen LogP contribution in [0.5, 0.6) is 0 Å². The predicted molar refractivity (Wildman–Crippen MR) is 126 cm³/mol. The highest BCUT2D eigenvalue weighted by molar-refractivity contribution is 7.21. The van der Waals surface area contributed by atoms with E-state index >= 15 is 0 Å². The van der Waals surface area contributed by atoms with Crippen molar-refractivity contribution in [1.29, 1.82) is 0 Å². The molecule has 2 aromatic heterocycles. The van der Waals surface area contributed by atoms with E-state index in [1.54, 1.807) is 6.20 Å². The Balaban J connectivity index is 1.32. The van der Waals surface area contributed by atoms with Gasteiger partial charge in [-0.2, -0.15) is 0 Å². The topological polar surface area (TPSA) is 96.2 Å². The summed E-state index contributed by atoms with van der Waals surface area (Å²) in [6.45, 7) is 8.26. The number of nitrogens with zero attached hydrogens (tertiary/aromatic N) is 3. The van der Waals surface area contributed by atoms with Crippen LogP contribution in [0.25, 0.3) is 10.3 Å². The Hall–Kier alpha value is -2.71. The molecule has 31 heavy (non-hydrogen) atoms. The number of aryl methyl sites for hydroxylation is 3. The number of nitrogens with one attached hydrogen (secondary N) is 2. The zero-order valence-corrected chi connectivity index (χ0v) is 18.8. The van der Waals surface area contributed by atoms with Crippen molar-refractivity contribution in [3.63, 3.8) is 0 Å². The lowest BCUT2D eigenvalue weighted by molar-refractivity contribution is 0.0938. The Labute approximate surface area is 186 Å². The summed E-state index contributed by atoms with van der Waals surface area (Å²) >= 11 is 1.32. The lowest BCUT2D eigenvalue weighted by atomic mass is 9.86. The summed E-state index contributed by atoms with van der Waals surface area (Å²) in [5.74, 6) is -0.123. The van der Waals surface area contributed by atoms with E-state index in [0.717, 1.165) is 51.1 Å². The fraction of sp³-hybridized carbons (Fsp3) is 0.435. The molecule has 2 aliphatic rings. The van der Waals surface area contributed by atoms with Gasteiger partial charge in [0.1, 0.15) is 15.2 Å². The quantitative estimate of drug-likeness (QED) is 0.584. The van der Waals surface area contributed by atoms with Gasteiger partial charge >= 0.3 is 0 Å². The summed E-state index contributed by atoms with van der Waals surface area (Å²) in [7, 11) is 0. The van der Waals surface area contributed by atoms with Gasteiger partial charge in [0.2, 0.25) is 0 Å². The largest absolute Gasteiger partial charge is 0.396 e. The van der Waals surface area contributed by atoms with Crippen LogP contribution in [0.4, 0.5) is 11.4 Å². The minimum atomic E-state index is -0.123. The summed E-state index contributed by atoms with van der Waals surface area (Å²) in [6.07, 6.45) is 4.44. The standard InChI is InChI=1S/C23H28N6OS/c1-13-9-16-10-17(4-3-15(16)11-18(13)29-7-5-25-6-8-29)28-22(30)21-19(24)20-23(31-21)27-14(2)12-26-20/h9,11-12,17,25H,3-8,10,24H2,1-2H3,(H,28,30). The molecular weight excluding hydrogens is 408 g/mol. The number of nitrogens with two attached hydrogens (primary N) is 1. The molecule has 1 aliphatic carbocycles. The molecule has 0 bridgehead atoms. The molecule has 1 fully saturated rings. The number of carbonyl (C=O) groups is 1. The number of thiophene rings is 1. The summed E-state index contributed by atoms with van der Waals surface area (Å²) in [5, 5.41) is 6.63. The van der Waals surface area contributed by atoms with E-state index in [4.69, 9.17) is 5.73 Å². The van der Waals surface area contributed by atoms with Crippen molar-refractivity contribution < 1.29 is 4.79 Å². The first-order valence-corrected chi connectivity index (χ1v) is 11.7. The van der Waals surface area contributed by atoms with Crippen molar-refractivity contribution in [1.82, 2.24) is 20.6 Å². The lowest BCUT2D eigenvalue weighted by Crippen LogP contribution is -2.44. The van der Waals surface area contributed by atoms with Crippen LogP contribution in [0.2, 0.25) is 0 Å². The van der Waals surface area contributed by atoms with Gasteiger partial charge in [-0.05, 0) is 55.9 Å². The Morgan fingerprint density at radius 3 is 2.87 bits per heavy atom. The van der Waals surface area contributed by atoms with Crippen molar-refractivity contribution in [2.75, 3.05) is 36.8 Å². The van der Waals surface area contributed by atoms with Crippen molar-refractivity contribution in [2.45, 2.75) is 39.2 Å². The molecule has 1 amide bonds. The Morgan fingerprint density at radius 2 is 2.06 bits per heavy atom. The number of piperazine rings is 1. The zero-order chi connectivity index (χ0) is 21.5. The SMILES string of the molecule is Cc1cnc2c(N)c(C(=O)NC3CCc4cc(N5CCNCC5)c(C)cc4C3)sc2n1. The van der Waals surface area contributed by atoms with Crippen molar-refractivity contribution in [2.24, 2.45) is 0 Å². The van der Waals surface area contributed by atoms with Crippen LogP contribution in [0.3, 0.4) is 0 Å². The predicted octanol–water partition coefficient (Wildman–Crippen LogP) is 2.59. The molecular formula is C23H28N6OS. The maximum absolute atomic E-state index is 13.0. The number of aromatic nitrogens is 2. The van der Waals surface area contributed by atoms with E-state index in [0.29, 0.717) is 20.9 Å². The number of carbonyl (C=O) groups excluding carboxylic acids is 1.